The van der Waals surface area contributed by atoms with Crippen LogP contribution in [0.3, 0.4) is 0 Å². The second-order valence-electron chi connectivity index (χ2n) is 6.69. The minimum Gasteiger partial charge on any atom is -0.481 e. The summed E-state index contributed by atoms with van der Waals surface area (Å²) in [6.07, 6.45) is 10.7. The molecular formula is C20H33NO6. The summed E-state index contributed by atoms with van der Waals surface area (Å²) in [7, 11) is 0. The minimum atomic E-state index is -1.04. The smallest absolute Gasteiger partial charge is 0.327 e. The van der Waals surface area contributed by atoms with Gasteiger partial charge in [0, 0.05) is 12.6 Å². The molecule has 0 saturated heterocycles. The third-order valence-corrected chi connectivity index (χ3v) is 4.41. The van der Waals surface area contributed by atoms with Crippen molar-refractivity contribution in [1.82, 2.24) is 0 Å². The largest absolute Gasteiger partial charge is 0.481 e. The molecule has 0 saturated carbocycles. The first-order chi connectivity index (χ1) is 12.9. The van der Waals surface area contributed by atoms with Crippen LogP contribution < -0.4 is 0 Å². The topological polar surface area (TPSA) is 124 Å². The van der Waals surface area contributed by atoms with Gasteiger partial charge in [-0.05, 0) is 51.2 Å². The van der Waals surface area contributed by atoms with E-state index in [0.717, 1.165) is 25.5 Å². The molecule has 0 aliphatic rings. The fraction of sp³-hybridized carbons (Fsp3) is 0.700. The molecule has 0 rings (SSSR count). The van der Waals surface area contributed by atoms with Gasteiger partial charge in [0.2, 0.25) is 0 Å². The lowest BCUT2D eigenvalue weighted by Crippen LogP contribution is -2.15. The molecule has 154 valence electrons. The Hall–Kier alpha value is -2.18. The van der Waals surface area contributed by atoms with Crippen LogP contribution in [-0.2, 0) is 14.4 Å². The van der Waals surface area contributed by atoms with E-state index in [1.807, 2.05) is 0 Å². The normalized spacial score (nSPS) is 13.8. The molecule has 0 radical (unpaired) electrons. The van der Waals surface area contributed by atoms with E-state index in [2.05, 4.69) is 11.9 Å². The van der Waals surface area contributed by atoms with Crippen molar-refractivity contribution in [1.29, 1.82) is 0 Å². The van der Waals surface area contributed by atoms with Crippen molar-refractivity contribution in [2.45, 2.75) is 71.1 Å². The Morgan fingerprint density at radius 2 is 1.41 bits per heavy atom. The Morgan fingerprint density at radius 3 is 1.89 bits per heavy atom. The van der Waals surface area contributed by atoms with Crippen LogP contribution in [0.4, 0.5) is 0 Å². The Morgan fingerprint density at radius 1 is 0.852 bits per heavy atom. The van der Waals surface area contributed by atoms with Crippen LogP contribution in [0.1, 0.15) is 71.1 Å². The minimum absolute atomic E-state index is 0.385. The molecule has 2 unspecified atom stereocenters. The molecule has 0 aliphatic heterocycles. The highest BCUT2D eigenvalue weighted by atomic mass is 16.4. The second-order valence-corrected chi connectivity index (χ2v) is 6.69. The van der Waals surface area contributed by atoms with Gasteiger partial charge < -0.3 is 15.3 Å². The maximum absolute atomic E-state index is 11.3. The molecule has 2 atom stereocenters. The van der Waals surface area contributed by atoms with E-state index < -0.39 is 29.7 Å². The number of carboxylic acids is 3. The fourth-order valence-electron chi connectivity index (χ4n) is 2.75. The molecule has 0 aromatic rings. The van der Waals surface area contributed by atoms with Crippen molar-refractivity contribution in [2.75, 3.05) is 6.54 Å². The number of allylic oxidation sites excluding steroid dienone is 1. The van der Waals surface area contributed by atoms with Crippen LogP contribution in [0.15, 0.2) is 17.1 Å². The van der Waals surface area contributed by atoms with Gasteiger partial charge in [0.15, 0.2) is 0 Å². The van der Waals surface area contributed by atoms with Crippen LogP contribution in [0.5, 0.6) is 0 Å². The fourth-order valence-corrected chi connectivity index (χ4v) is 2.75. The van der Waals surface area contributed by atoms with Crippen LogP contribution >= 0.6 is 0 Å². The summed E-state index contributed by atoms with van der Waals surface area (Å²) >= 11 is 0. The Balaban J connectivity index is 4.14. The van der Waals surface area contributed by atoms with Crippen LogP contribution in [0.25, 0.3) is 0 Å². The van der Waals surface area contributed by atoms with Gasteiger partial charge in [-0.2, -0.15) is 0 Å². The molecule has 0 aromatic carbocycles. The summed E-state index contributed by atoms with van der Waals surface area (Å²) in [6, 6.07) is 0. The highest BCUT2D eigenvalue weighted by Crippen LogP contribution is 2.20. The van der Waals surface area contributed by atoms with E-state index in [4.69, 9.17) is 5.11 Å². The average Bonchev–Trinajstić information content (AvgIpc) is 2.60. The van der Waals surface area contributed by atoms with Crippen molar-refractivity contribution in [3.8, 4) is 0 Å². The van der Waals surface area contributed by atoms with Gasteiger partial charge in [-0.3, -0.25) is 14.6 Å². The van der Waals surface area contributed by atoms with Gasteiger partial charge in [-0.1, -0.05) is 32.3 Å². The quantitative estimate of drug-likeness (QED) is 0.198. The molecule has 7 nitrogen and oxygen atoms in total. The Bertz CT molecular complexity index is 501. The molecule has 0 bridgehead atoms. The molecule has 0 amide bonds. The number of aliphatic carboxylic acids is 3. The molecule has 0 spiro atoms. The Labute approximate surface area is 161 Å². The number of nitrogens with zero attached hydrogens (tertiary/aromatic N) is 1. The number of hydrogen-bond donors (Lipinski definition) is 3. The molecule has 0 aliphatic carbocycles. The van der Waals surface area contributed by atoms with Gasteiger partial charge in [0.25, 0.3) is 0 Å². The van der Waals surface area contributed by atoms with Crippen molar-refractivity contribution in [3.63, 3.8) is 0 Å². The van der Waals surface area contributed by atoms with E-state index in [9.17, 15) is 24.6 Å². The van der Waals surface area contributed by atoms with Gasteiger partial charge >= 0.3 is 17.9 Å². The summed E-state index contributed by atoms with van der Waals surface area (Å²) in [4.78, 5) is 37.2. The third-order valence-electron chi connectivity index (χ3n) is 4.41. The van der Waals surface area contributed by atoms with Gasteiger partial charge in [-0.15, -0.1) is 0 Å². The zero-order valence-corrected chi connectivity index (χ0v) is 16.2. The predicted molar refractivity (Wildman–Crippen MR) is 104 cm³/mol. The first kappa shape index (κ1) is 24.8. The van der Waals surface area contributed by atoms with Gasteiger partial charge in [0.05, 0.1) is 11.8 Å². The maximum atomic E-state index is 11.3. The number of aliphatic imine (C=N–C) groups is 1. The van der Waals surface area contributed by atoms with E-state index in [1.54, 1.807) is 6.21 Å². The zero-order valence-electron chi connectivity index (χ0n) is 16.2. The predicted octanol–water partition coefficient (Wildman–Crippen LogP) is 4.02. The highest BCUT2D eigenvalue weighted by molar-refractivity contribution is 5.79. The van der Waals surface area contributed by atoms with E-state index in [1.165, 1.54) is 6.08 Å². The number of rotatable bonds is 17. The first-order valence-corrected chi connectivity index (χ1v) is 9.71. The zero-order chi connectivity index (χ0) is 20.5. The summed E-state index contributed by atoms with van der Waals surface area (Å²) in [6.45, 7) is 2.88. The number of hydrogen-bond acceptors (Lipinski definition) is 4. The van der Waals surface area contributed by atoms with Crippen molar-refractivity contribution >= 4 is 24.1 Å². The summed E-state index contributed by atoms with van der Waals surface area (Å²) < 4.78 is 0. The molecule has 27 heavy (non-hydrogen) atoms. The number of unbranched alkanes of at least 4 members (excludes halogenated alkanes) is 2. The first-order valence-electron chi connectivity index (χ1n) is 9.71. The Kier molecular flexibility index (Phi) is 14.7. The summed E-state index contributed by atoms with van der Waals surface area (Å²) in [5.74, 6) is -3.71. The molecule has 0 heterocycles. The highest BCUT2D eigenvalue weighted by Gasteiger charge is 2.19. The third kappa shape index (κ3) is 14.7. The lowest BCUT2D eigenvalue weighted by molar-refractivity contribution is -0.143. The van der Waals surface area contributed by atoms with Crippen LogP contribution in [0, 0.1) is 11.8 Å². The van der Waals surface area contributed by atoms with Gasteiger partial charge in [-0.25, -0.2) is 4.79 Å². The summed E-state index contributed by atoms with van der Waals surface area (Å²) in [5, 5.41) is 27.1. The van der Waals surface area contributed by atoms with Crippen LogP contribution in [-0.4, -0.2) is 46.0 Å². The average molecular weight is 383 g/mol. The van der Waals surface area contributed by atoms with Gasteiger partial charge in [0.1, 0.15) is 0 Å². The van der Waals surface area contributed by atoms with E-state index in [0.29, 0.717) is 51.4 Å². The van der Waals surface area contributed by atoms with E-state index in [-0.39, 0.29) is 0 Å². The molecule has 3 N–H and O–H groups in total. The lowest BCUT2D eigenvalue weighted by atomic mass is 9.92. The molecule has 0 fully saturated rings. The SMILES string of the molecule is CCCCN=CCCC(CCCCC(CCC=CC(=O)O)C(=O)O)C(=O)O. The van der Waals surface area contributed by atoms with E-state index >= 15 is 0 Å². The molecular weight excluding hydrogens is 350 g/mol. The van der Waals surface area contributed by atoms with Crippen molar-refractivity contribution < 1.29 is 29.7 Å². The molecule has 7 heteroatoms. The lowest BCUT2D eigenvalue weighted by Gasteiger charge is -2.13. The molecule has 0 aromatic heterocycles. The maximum Gasteiger partial charge on any atom is 0.327 e. The standard InChI is InChI=1S/C20H33NO6/c1-2-3-14-21-15-8-12-17(20(26)27)10-5-4-9-16(19(24)25)11-6-7-13-18(22)23/h7,13,15-17H,2-6,8-12,14H2,1H3,(H,22,23)(H,24,25)(H,26,27). The number of carbonyl (C=O) groups is 3. The van der Waals surface area contributed by atoms with Crippen molar-refractivity contribution in [3.05, 3.63) is 12.2 Å². The van der Waals surface area contributed by atoms with Crippen molar-refractivity contribution in [2.24, 2.45) is 16.8 Å². The summed E-state index contributed by atoms with van der Waals surface area (Å²) in [5.41, 5.74) is 0. The number of carboxylic acid groups (broad SMARTS) is 3. The monoisotopic (exact) mass is 383 g/mol. The second kappa shape index (κ2) is 16.0. The van der Waals surface area contributed by atoms with Crippen LogP contribution in [0.2, 0.25) is 0 Å².